The summed E-state index contributed by atoms with van der Waals surface area (Å²) < 4.78 is 16.1. The van der Waals surface area contributed by atoms with E-state index in [-0.39, 0.29) is 12.5 Å². The van der Waals surface area contributed by atoms with Crippen molar-refractivity contribution in [2.45, 2.75) is 46.4 Å². The van der Waals surface area contributed by atoms with Gasteiger partial charge in [-0.2, -0.15) is 0 Å². The minimum atomic E-state index is -0.907. The van der Waals surface area contributed by atoms with Crippen LogP contribution in [0.3, 0.4) is 0 Å². The molecule has 0 fully saturated rings. The average Bonchev–Trinajstić information content (AvgIpc) is 2.81. The van der Waals surface area contributed by atoms with Crippen LogP contribution in [0.25, 0.3) is 0 Å². The van der Waals surface area contributed by atoms with Crippen molar-refractivity contribution in [2.24, 2.45) is 5.92 Å². The van der Waals surface area contributed by atoms with Crippen LogP contribution in [-0.4, -0.2) is 36.7 Å². The first-order valence-corrected chi connectivity index (χ1v) is 10.8. The van der Waals surface area contributed by atoms with Gasteiger partial charge in [0.05, 0.1) is 6.61 Å². The monoisotopic (exact) mass is 457 g/mol. The molecule has 2 atom stereocenters. The van der Waals surface area contributed by atoms with Crippen LogP contribution in [0.15, 0.2) is 54.6 Å². The van der Waals surface area contributed by atoms with Gasteiger partial charge in [-0.05, 0) is 49.6 Å². The summed E-state index contributed by atoms with van der Waals surface area (Å²) in [6.45, 7) is 7.60. The number of hydrazine groups is 1. The number of hydrogen-bond donors (Lipinski definition) is 3. The average molecular weight is 458 g/mol. The number of nitrogens with one attached hydrogen (secondary N) is 3. The third kappa shape index (κ3) is 8.72. The molecule has 178 valence electrons. The van der Waals surface area contributed by atoms with E-state index in [0.29, 0.717) is 18.1 Å². The topological polar surface area (TPSA) is 115 Å². The summed E-state index contributed by atoms with van der Waals surface area (Å²) >= 11 is 0. The lowest BCUT2D eigenvalue weighted by Crippen LogP contribution is -2.56. The molecule has 0 aliphatic carbocycles. The van der Waals surface area contributed by atoms with Crippen LogP contribution in [-0.2, 0) is 20.9 Å². The largest absolute Gasteiger partial charge is 0.494 e. The first-order valence-electron chi connectivity index (χ1n) is 10.8. The van der Waals surface area contributed by atoms with Gasteiger partial charge in [0, 0.05) is 0 Å². The van der Waals surface area contributed by atoms with E-state index in [1.54, 1.807) is 45.0 Å². The zero-order valence-corrected chi connectivity index (χ0v) is 19.3. The summed E-state index contributed by atoms with van der Waals surface area (Å²) in [5.41, 5.74) is 5.47. The van der Waals surface area contributed by atoms with Crippen molar-refractivity contribution in [3.05, 3.63) is 60.2 Å². The van der Waals surface area contributed by atoms with E-state index in [1.807, 2.05) is 37.3 Å². The number of ether oxygens (including phenoxy) is 3. The predicted molar refractivity (Wildman–Crippen MR) is 122 cm³/mol. The molecule has 2 aromatic rings. The molecule has 9 heteroatoms. The maximum absolute atomic E-state index is 12.5. The fraction of sp³-hybridized carbons (Fsp3) is 0.375. The maximum atomic E-state index is 12.5. The molecule has 0 heterocycles. The molecule has 33 heavy (non-hydrogen) atoms. The molecule has 0 aliphatic heterocycles. The van der Waals surface area contributed by atoms with E-state index in [4.69, 9.17) is 14.2 Å². The highest BCUT2D eigenvalue weighted by molar-refractivity contribution is 5.89. The smallest absolute Gasteiger partial charge is 0.408 e. The molecule has 2 aromatic carbocycles. The zero-order chi connectivity index (χ0) is 24.2. The van der Waals surface area contributed by atoms with Gasteiger partial charge in [0.1, 0.15) is 24.1 Å². The molecule has 0 bridgehead atoms. The molecule has 1 unspecified atom stereocenters. The number of amides is 3. The standard InChI is InChI=1S/C24H31N3O6/c1-5-31-19-11-13-20(14-12-19)33-17(4)22(28)26-27-23(29)21(16(2)3)25-24(30)32-15-18-9-7-6-8-10-18/h6-14,16-17,21H,5,15H2,1-4H3,(H,25,30)(H,26,28)(H,27,29)/t17?,21-/m0/s1. The van der Waals surface area contributed by atoms with E-state index in [0.717, 1.165) is 5.56 Å². The zero-order valence-electron chi connectivity index (χ0n) is 19.3. The molecule has 0 saturated carbocycles. The summed E-state index contributed by atoms with van der Waals surface area (Å²) in [7, 11) is 0. The second-order valence-corrected chi connectivity index (χ2v) is 7.57. The van der Waals surface area contributed by atoms with E-state index in [9.17, 15) is 14.4 Å². The van der Waals surface area contributed by atoms with Crippen molar-refractivity contribution in [1.82, 2.24) is 16.2 Å². The van der Waals surface area contributed by atoms with Crippen molar-refractivity contribution in [3.63, 3.8) is 0 Å². The summed E-state index contributed by atoms with van der Waals surface area (Å²) in [5.74, 6) is -0.197. The lowest BCUT2D eigenvalue weighted by Gasteiger charge is -2.22. The highest BCUT2D eigenvalue weighted by atomic mass is 16.5. The molecule has 0 aromatic heterocycles. The Morgan fingerprint density at radius 2 is 1.45 bits per heavy atom. The number of carbonyl (C=O) groups is 3. The Kier molecular flexibility index (Phi) is 10.0. The summed E-state index contributed by atoms with van der Waals surface area (Å²) in [6, 6.07) is 15.1. The number of carbonyl (C=O) groups excluding carboxylic acids is 3. The summed E-state index contributed by atoms with van der Waals surface area (Å²) in [5, 5.41) is 2.53. The highest BCUT2D eigenvalue weighted by Crippen LogP contribution is 2.18. The number of hydrogen-bond acceptors (Lipinski definition) is 6. The first kappa shape index (κ1) is 25.5. The Bertz CT molecular complexity index is 902. The Labute approximate surface area is 193 Å². The van der Waals surface area contributed by atoms with E-state index in [1.165, 1.54) is 0 Å². The minimum absolute atomic E-state index is 0.0796. The van der Waals surface area contributed by atoms with Crippen LogP contribution in [0.1, 0.15) is 33.3 Å². The van der Waals surface area contributed by atoms with E-state index >= 15 is 0 Å². The second-order valence-electron chi connectivity index (χ2n) is 7.57. The van der Waals surface area contributed by atoms with Crippen molar-refractivity contribution < 1.29 is 28.6 Å². The molecule has 0 saturated heterocycles. The Hall–Kier alpha value is -3.75. The van der Waals surface area contributed by atoms with Crippen LogP contribution in [0, 0.1) is 5.92 Å². The van der Waals surface area contributed by atoms with Crippen LogP contribution >= 0.6 is 0 Å². The number of benzene rings is 2. The third-order valence-electron chi connectivity index (χ3n) is 4.56. The van der Waals surface area contributed by atoms with Crippen LogP contribution in [0.2, 0.25) is 0 Å². The van der Waals surface area contributed by atoms with Crippen LogP contribution in [0.5, 0.6) is 11.5 Å². The molecule has 0 radical (unpaired) electrons. The first-order chi connectivity index (χ1) is 15.8. The minimum Gasteiger partial charge on any atom is -0.494 e. The highest BCUT2D eigenvalue weighted by Gasteiger charge is 2.26. The molecule has 3 N–H and O–H groups in total. The molecule has 0 aliphatic rings. The number of alkyl carbamates (subject to hydrolysis) is 1. The van der Waals surface area contributed by atoms with Gasteiger partial charge in [0.15, 0.2) is 6.10 Å². The molecule has 0 spiro atoms. The lowest BCUT2D eigenvalue weighted by atomic mass is 10.0. The summed E-state index contributed by atoms with van der Waals surface area (Å²) in [6.07, 6.45) is -1.60. The van der Waals surface area contributed by atoms with Gasteiger partial charge in [0.25, 0.3) is 11.8 Å². The Morgan fingerprint density at radius 1 is 0.848 bits per heavy atom. The van der Waals surface area contributed by atoms with Gasteiger partial charge in [0.2, 0.25) is 0 Å². The third-order valence-corrected chi connectivity index (χ3v) is 4.56. The van der Waals surface area contributed by atoms with Gasteiger partial charge in [-0.1, -0.05) is 44.2 Å². The molecule has 3 amide bonds. The van der Waals surface area contributed by atoms with Crippen molar-refractivity contribution in [1.29, 1.82) is 0 Å². The quantitative estimate of drug-likeness (QED) is 0.473. The van der Waals surface area contributed by atoms with Gasteiger partial charge >= 0.3 is 6.09 Å². The van der Waals surface area contributed by atoms with E-state index in [2.05, 4.69) is 16.2 Å². The van der Waals surface area contributed by atoms with Crippen LogP contribution < -0.4 is 25.6 Å². The van der Waals surface area contributed by atoms with Gasteiger partial charge in [-0.15, -0.1) is 0 Å². The molecule has 2 rings (SSSR count). The SMILES string of the molecule is CCOc1ccc(OC(C)C(=O)NNC(=O)[C@@H](NC(=O)OCc2ccccc2)C(C)C)cc1. The Balaban J connectivity index is 1.81. The Morgan fingerprint density at radius 3 is 2.06 bits per heavy atom. The molecular weight excluding hydrogens is 426 g/mol. The van der Waals surface area contributed by atoms with Gasteiger partial charge in [-0.3, -0.25) is 20.4 Å². The van der Waals surface area contributed by atoms with Crippen molar-refractivity contribution in [2.75, 3.05) is 6.61 Å². The maximum Gasteiger partial charge on any atom is 0.408 e. The van der Waals surface area contributed by atoms with Crippen molar-refractivity contribution in [3.8, 4) is 11.5 Å². The lowest BCUT2D eigenvalue weighted by molar-refractivity contribution is -0.133. The molecular formula is C24H31N3O6. The molecule has 9 nitrogen and oxygen atoms in total. The predicted octanol–water partition coefficient (Wildman–Crippen LogP) is 2.95. The second kappa shape index (κ2) is 12.9. The number of rotatable bonds is 10. The normalized spacial score (nSPS) is 12.3. The van der Waals surface area contributed by atoms with Crippen molar-refractivity contribution >= 4 is 17.9 Å². The van der Waals surface area contributed by atoms with Crippen LogP contribution in [0.4, 0.5) is 4.79 Å². The fourth-order valence-electron chi connectivity index (χ4n) is 2.77. The van der Waals surface area contributed by atoms with Gasteiger partial charge in [-0.25, -0.2) is 4.79 Å². The summed E-state index contributed by atoms with van der Waals surface area (Å²) in [4.78, 5) is 37.0. The fourth-order valence-corrected chi connectivity index (χ4v) is 2.77. The van der Waals surface area contributed by atoms with Gasteiger partial charge < -0.3 is 19.5 Å². The van der Waals surface area contributed by atoms with E-state index < -0.39 is 30.1 Å².